The second-order valence-electron chi connectivity index (χ2n) is 4.87. The topological polar surface area (TPSA) is 80.5 Å². The van der Waals surface area contributed by atoms with Gasteiger partial charge in [0.25, 0.3) is 5.91 Å². The van der Waals surface area contributed by atoms with Crippen LogP contribution in [0.2, 0.25) is 0 Å². The monoisotopic (exact) mass is 278 g/mol. The van der Waals surface area contributed by atoms with Crippen molar-refractivity contribution >= 4 is 11.7 Å². The average Bonchev–Trinajstić information content (AvgIpc) is 2.53. The quantitative estimate of drug-likeness (QED) is 0.638. The molecule has 1 saturated heterocycles. The first-order valence-electron chi connectivity index (χ1n) is 7.05. The lowest BCUT2D eigenvalue weighted by Gasteiger charge is -2.35. The number of hydrazine groups is 1. The van der Waals surface area contributed by atoms with Crippen LogP contribution < -0.4 is 11.3 Å². The largest absolute Gasteiger partial charge is 0.377 e. The number of nitrogens with two attached hydrogens (primary N) is 1. The van der Waals surface area contributed by atoms with Crippen molar-refractivity contribution < 1.29 is 9.53 Å². The zero-order valence-corrected chi connectivity index (χ0v) is 12.1. The Hall–Kier alpha value is -1.66. The van der Waals surface area contributed by atoms with Crippen molar-refractivity contribution in [1.29, 1.82) is 0 Å². The molecule has 3 N–H and O–H groups in total. The third-order valence-corrected chi connectivity index (χ3v) is 3.60. The summed E-state index contributed by atoms with van der Waals surface area (Å²) in [7, 11) is 0. The minimum atomic E-state index is 0.0220. The minimum absolute atomic E-state index is 0.0220. The van der Waals surface area contributed by atoms with Gasteiger partial charge in [0.1, 0.15) is 5.82 Å². The number of aromatic nitrogens is 1. The fourth-order valence-corrected chi connectivity index (χ4v) is 2.39. The van der Waals surface area contributed by atoms with Crippen LogP contribution >= 0.6 is 0 Å². The smallest absolute Gasteiger partial charge is 0.254 e. The van der Waals surface area contributed by atoms with Crippen LogP contribution in [0, 0.1) is 0 Å². The van der Waals surface area contributed by atoms with Crippen molar-refractivity contribution in [3.05, 3.63) is 23.4 Å². The van der Waals surface area contributed by atoms with Crippen LogP contribution in [0.5, 0.6) is 0 Å². The molecule has 1 atom stereocenters. The molecule has 1 aromatic heterocycles. The van der Waals surface area contributed by atoms with Crippen LogP contribution in [0.4, 0.5) is 5.82 Å². The Labute approximate surface area is 119 Å². The van der Waals surface area contributed by atoms with Crippen molar-refractivity contribution in [3.8, 4) is 0 Å². The number of pyridine rings is 1. The maximum absolute atomic E-state index is 12.7. The molecular formula is C14H22N4O2. The minimum Gasteiger partial charge on any atom is -0.377 e. The van der Waals surface area contributed by atoms with Crippen molar-refractivity contribution in [2.45, 2.75) is 32.7 Å². The van der Waals surface area contributed by atoms with Crippen LogP contribution in [-0.4, -0.2) is 41.6 Å². The zero-order chi connectivity index (χ0) is 14.5. The summed E-state index contributed by atoms with van der Waals surface area (Å²) >= 11 is 0. The molecule has 0 radical (unpaired) electrons. The van der Waals surface area contributed by atoms with Gasteiger partial charge < -0.3 is 15.1 Å². The second-order valence-corrected chi connectivity index (χ2v) is 4.87. The molecule has 1 unspecified atom stereocenters. The van der Waals surface area contributed by atoms with Crippen LogP contribution in [0.1, 0.15) is 36.3 Å². The predicted molar refractivity (Wildman–Crippen MR) is 77.4 cm³/mol. The summed E-state index contributed by atoms with van der Waals surface area (Å²) < 4.78 is 5.44. The van der Waals surface area contributed by atoms with Crippen molar-refractivity contribution in [3.63, 3.8) is 0 Å². The van der Waals surface area contributed by atoms with Gasteiger partial charge >= 0.3 is 0 Å². The van der Waals surface area contributed by atoms with E-state index in [9.17, 15) is 4.79 Å². The number of hydrogen-bond acceptors (Lipinski definition) is 5. The number of ether oxygens (including phenoxy) is 1. The second kappa shape index (κ2) is 6.67. The van der Waals surface area contributed by atoms with Crippen LogP contribution in [0.3, 0.4) is 0 Å². The maximum atomic E-state index is 12.7. The Morgan fingerprint density at radius 2 is 2.35 bits per heavy atom. The van der Waals surface area contributed by atoms with Crippen molar-refractivity contribution in [1.82, 2.24) is 9.88 Å². The van der Waals surface area contributed by atoms with E-state index >= 15 is 0 Å². The van der Waals surface area contributed by atoms with Gasteiger partial charge in [0.15, 0.2) is 0 Å². The van der Waals surface area contributed by atoms with E-state index in [1.165, 1.54) is 0 Å². The molecule has 0 aromatic carbocycles. The Bertz CT molecular complexity index is 456. The lowest BCUT2D eigenvalue weighted by atomic mass is 10.1. The van der Waals surface area contributed by atoms with Gasteiger partial charge in [0.05, 0.1) is 19.3 Å². The standard InChI is InChI=1S/C14H22N4O2/c1-3-11-7-10(8-13(16-11)17-15)14(19)18-5-6-20-9-12(18)4-2/h7-8,12H,3-6,9,15H2,1-2H3,(H,16,17). The first kappa shape index (κ1) is 14.7. The van der Waals surface area contributed by atoms with E-state index in [1.807, 2.05) is 17.9 Å². The van der Waals surface area contributed by atoms with E-state index in [0.29, 0.717) is 31.1 Å². The molecule has 1 amide bonds. The first-order valence-corrected chi connectivity index (χ1v) is 7.05. The average molecular weight is 278 g/mol. The van der Waals surface area contributed by atoms with Gasteiger partial charge in [-0.25, -0.2) is 10.8 Å². The van der Waals surface area contributed by atoms with Gasteiger partial charge in [-0.1, -0.05) is 13.8 Å². The molecular weight excluding hydrogens is 256 g/mol. The Balaban J connectivity index is 2.27. The molecule has 2 heterocycles. The van der Waals surface area contributed by atoms with E-state index in [2.05, 4.69) is 17.3 Å². The lowest BCUT2D eigenvalue weighted by molar-refractivity contribution is -0.00280. The third kappa shape index (κ3) is 3.08. The number of amides is 1. The fraction of sp³-hybridized carbons (Fsp3) is 0.571. The van der Waals surface area contributed by atoms with Gasteiger partial charge in [0.2, 0.25) is 0 Å². The highest BCUT2D eigenvalue weighted by molar-refractivity contribution is 5.95. The lowest BCUT2D eigenvalue weighted by Crippen LogP contribution is -2.48. The summed E-state index contributed by atoms with van der Waals surface area (Å²) in [5, 5.41) is 0. The van der Waals surface area contributed by atoms with Gasteiger partial charge in [0, 0.05) is 17.8 Å². The molecule has 0 saturated carbocycles. The summed E-state index contributed by atoms with van der Waals surface area (Å²) in [5.74, 6) is 5.96. The van der Waals surface area contributed by atoms with E-state index in [-0.39, 0.29) is 11.9 Å². The number of nitrogens with one attached hydrogen (secondary N) is 1. The number of hydrogen-bond donors (Lipinski definition) is 2. The highest BCUT2D eigenvalue weighted by Crippen LogP contribution is 2.17. The molecule has 6 nitrogen and oxygen atoms in total. The van der Waals surface area contributed by atoms with E-state index < -0.39 is 0 Å². The number of aryl methyl sites for hydroxylation is 1. The number of nitrogen functional groups attached to an aromatic ring is 1. The number of carbonyl (C=O) groups is 1. The van der Waals surface area contributed by atoms with Crippen LogP contribution in [-0.2, 0) is 11.2 Å². The zero-order valence-electron chi connectivity index (χ0n) is 12.1. The van der Waals surface area contributed by atoms with Gasteiger partial charge in [-0.15, -0.1) is 0 Å². The molecule has 0 spiro atoms. The van der Waals surface area contributed by atoms with E-state index in [4.69, 9.17) is 10.6 Å². The first-order chi connectivity index (χ1) is 9.69. The van der Waals surface area contributed by atoms with Crippen molar-refractivity contribution in [2.24, 2.45) is 5.84 Å². The number of rotatable bonds is 4. The Morgan fingerprint density at radius 1 is 1.55 bits per heavy atom. The molecule has 2 rings (SSSR count). The predicted octanol–water partition coefficient (Wildman–Crippen LogP) is 1.18. The van der Waals surface area contributed by atoms with Gasteiger partial charge in [-0.3, -0.25) is 4.79 Å². The number of carbonyl (C=O) groups excluding carboxylic acids is 1. The molecule has 110 valence electrons. The molecule has 0 bridgehead atoms. The number of morpholine rings is 1. The van der Waals surface area contributed by atoms with Crippen LogP contribution in [0.25, 0.3) is 0 Å². The Morgan fingerprint density at radius 3 is 3.00 bits per heavy atom. The Kier molecular flexibility index (Phi) is 4.92. The summed E-state index contributed by atoms with van der Waals surface area (Å²) in [5.41, 5.74) is 4.00. The fourth-order valence-electron chi connectivity index (χ4n) is 2.39. The molecule has 1 aliphatic rings. The molecule has 1 aliphatic heterocycles. The molecule has 1 fully saturated rings. The van der Waals surface area contributed by atoms with E-state index in [0.717, 1.165) is 18.5 Å². The number of anilines is 1. The third-order valence-electron chi connectivity index (χ3n) is 3.60. The van der Waals surface area contributed by atoms with Crippen molar-refractivity contribution in [2.75, 3.05) is 25.2 Å². The van der Waals surface area contributed by atoms with Gasteiger partial charge in [-0.2, -0.15) is 0 Å². The number of nitrogens with zero attached hydrogens (tertiary/aromatic N) is 2. The highest BCUT2D eigenvalue weighted by atomic mass is 16.5. The summed E-state index contributed by atoms with van der Waals surface area (Å²) in [4.78, 5) is 18.9. The van der Waals surface area contributed by atoms with E-state index in [1.54, 1.807) is 6.07 Å². The summed E-state index contributed by atoms with van der Waals surface area (Å²) in [6.07, 6.45) is 1.65. The normalized spacial score (nSPS) is 18.9. The highest BCUT2D eigenvalue weighted by Gasteiger charge is 2.27. The summed E-state index contributed by atoms with van der Waals surface area (Å²) in [6.45, 7) is 5.90. The molecule has 1 aromatic rings. The maximum Gasteiger partial charge on any atom is 0.254 e. The van der Waals surface area contributed by atoms with Crippen LogP contribution in [0.15, 0.2) is 12.1 Å². The molecule has 6 heteroatoms. The SMILES string of the molecule is CCc1cc(C(=O)N2CCOCC2CC)cc(NN)n1. The van der Waals surface area contributed by atoms with Gasteiger partial charge in [-0.05, 0) is 25.0 Å². The summed E-state index contributed by atoms with van der Waals surface area (Å²) in [6, 6.07) is 3.68. The molecule has 0 aliphatic carbocycles. The molecule has 20 heavy (non-hydrogen) atoms.